The molecule has 5 nitrogen and oxygen atoms in total. The molecule has 116 valence electrons. The number of aryl methyl sites for hydroxylation is 2. The summed E-state index contributed by atoms with van der Waals surface area (Å²) in [6, 6.07) is 8.15. The van der Waals surface area contributed by atoms with E-state index in [2.05, 4.69) is 41.9 Å². The van der Waals surface area contributed by atoms with E-state index >= 15 is 0 Å². The smallest absolute Gasteiger partial charge is 0.335 e. The highest BCUT2D eigenvalue weighted by atomic mass is 16.2. The summed E-state index contributed by atoms with van der Waals surface area (Å²) in [5, 5.41) is 3.80. The first-order valence-electron chi connectivity index (χ1n) is 7.39. The fourth-order valence-electron chi connectivity index (χ4n) is 1.93. The van der Waals surface area contributed by atoms with Gasteiger partial charge in [0, 0.05) is 20.0 Å². The number of nitrogens with one attached hydrogen (secondary N) is 2. The third-order valence-corrected chi connectivity index (χ3v) is 3.16. The van der Waals surface area contributed by atoms with Crippen LogP contribution in [0, 0.1) is 6.92 Å². The Kier molecular flexibility index (Phi) is 7.29. The molecule has 0 aliphatic carbocycles. The zero-order chi connectivity index (χ0) is 15.7. The third-order valence-electron chi connectivity index (χ3n) is 3.16. The number of unbranched alkanes of at least 4 members (excludes halogenated alkanes) is 1. The first-order chi connectivity index (χ1) is 10.0. The first kappa shape index (κ1) is 17.0. The second-order valence-corrected chi connectivity index (χ2v) is 5.12. The number of hydrazine groups is 1. The van der Waals surface area contributed by atoms with Gasteiger partial charge in [0.25, 0.3) is 0 Å². The summed E-state index contributed by atoms with van der Waals surface area (Å²) in [6.45, 7) is 4.44. The van der Waals surface area contributed by atoms with Crippen LogP contribution in [-0.4, -0.2) is 30.5 Å². The molecule has 3 amide bonds. The molecule has 0 heterocycles. The number of rotatable bonds is 6. The minimum atomic E-state index is -0.300. The Balaban J connectivity index is 2.18. The molecule has 0 spiro atoms. The maximum absolute atomic E-state index is 11.7. The number of carbonyl (C=O) groups excluding carboxylic acids is 2. The number of nitrogens with zero attached hydrogens (tertiary/aromatic N) is 1. The molecule has 1 aromatic carbocycles. The molecule has 0 aromatic heterocycles. The molecular weight excluding hydrogens is 266 g/mol. The fraction of sp³-hybridized carbons (Fsp3) is 0.500. The Bertz CT molecular complexity index is 457. The second kappa shape index (κ2) is 9.00. The monoisotopic (exact) mass is 291 g/mol. The van der Waals surface area contributed by atoms with E-state index < -0.39 is 0 Å². The van der Waals surface area contributed by atoms with Crippen molar-refractivity contribution in [3.63, 3.8) is 0 Å². The molecule has 21 heavy (non-hydrogen) atoms. The number of hydrogen-bond acceptors (Lipinski definition) is 2. The van der Waals surface area contributed by atoms with Crippen molar-refractivity contribution in [2.24, 2.45) is 0 Å². The molecule has 0 saturated carbocycles. The molecule has 0 aliphatic rings. The van der Waals surface area contributed by atoms with Crippen molar-refractivity contribution in [2.45, 2.75) is 39.5 Å². The number of hydrogen-bond donors (Lipinski definition) is 2. The van der Waals surface area contributed by atoms with E-state index in [0.29, 0.717) is 13.0 Å². The van der Waals surface area contributed by atoms with Gasteiger partial charge in [-0.3, -0.25) is 10.2 Å². The topological polar surface area (TPSA) is 61.4 Å². The van der Waals surface area contributed by atoms with Gasteiger partial charge in [0.05, 0.1) is 0 Å². The highest BCUT2D eigenvalue weighted by Crippen LogP contribution is 2.08. The average Bonchev–Trinajstić information content (AvgIpc) is 2.45. The van der Waals surface area contributed by atoms with Gasteiger partial charge in [-0.2, -0.15) is 0 Å². The Morgan fingerprint density at radius 3 is 2.43 bits per heavy atom. The van der Waals surface area contributed by atoms with Gasteiger partial charge in [-0.1, -0.05) is 29.8 Å². The molecule has 0 fully saturated rings. The Hall–Kier alpha value is -2.04. The van der Waals surface area contributed by atoms with Crippen molar-refractivity contribution in [1.82, 2.24) is 15.8 Å². The summed E-state index contributed by atoms with van der Waals surface area (Å²) in [6.07, 6.45) is 3.17. The average molecular weight is 291 g/mol. The number of urea groups is 1. The van der Waals surface area contributed by atoms with Crippen molar-refractivity contribution in [3.05, 3.63) is 35.4 Å². The van der Waals surface area contributed by atoms with Crippen LogP contribution in [0.1, 0.15) is 37.3 Å². The van der Waals surface area contributed by atoms with Crippen LogP contribution in [0.25, 0.3) is 0 Å². The third kappa shape index (κ3) is 6.79. The van der Waals surface area contributed by atoms with Gasteiger partial charge >= 0.3 is 6.03 Å². The molecule has 1 rings (SSSR count). The zero-order valence-electron chi connectivity index (χ0n) is 13.1. The van der Waals surface area contributed by atoms with E-state index in [9.17, 15) is 9.59 Å². The van der Waals surface area contributed by atoms with Gasteiger partial charge in [-0.05, 0) is 38.7 Å². The minimum absolute atomic E-state index is 0.132. The van der Waals surface area contributed by atoms with E-state index in [4.69, 9.17) is 0 Å². The zero-order valence-corrected chi connectivity index (χ0v) is 13.1. The Morgan fingerprint density at radius 1 is 1.14 bits per heavy atom. The molecule has 0 saturated heterocycles. The Morgan fingerprint density at radius 2 is 1.81 bits per heavy atom. The van der Waals surface area contributed by atoms with Crippen LogP contribution in [0.15, 0.2) is 24.3 Å². The quantitative estimate of drug-likeness (QED) is 0.624. The van der Waals surface area contributed by atoms with Crippen LogP contribution < -0.4 is 10.7 Å². The summed E-state index contributed by atoms with van der Waals surface area (Å²) in [5.74, 6) is -0.132. The van der Waals surface area contributed by atoms with Crippen LogP contribution in [0.5, 0.6) is 0 Å². The van der Waals surface area contributed by atoms with Crippen molar-refractivity contribution >= 4 is 11.9 Å². The van der Waals surface area contributed by atoms with Crippen LogP contribution in [0.2, 0.25) is 0 Å². The lowest BCUT2D eigenvalue weighted by atomic mass is 10.1. The van der Waals surface area contributed by atoms with Crippen LogP contribution in [0.4, 0.5) is 4.79 Å². The molecule has 0 atom stereocenters. The maximum atomic E-state index is 11.7. The highest BCUT2D eigenvalue weighted by Gasteiger charge is 2.09. The summed E-state index contributed by atoms with van der Waals surface area (Å²) >= 11 is 0. The summed E-state index contributed by atoms with van der Waals surface area (Å²) in [7, 11) is 1.54. The van der Waals surface area contributed by atoms with Gasteiger partial charge in [0.1, 0.15) is 0 Å². The predicted octanol–water partition coefficient (Wildman–Crippen LogP) is 2.40. The number of amides is 3. The van der Waals surface area contributed by atoms with Crippen LogP contribution in [0.3, 0.4) is 0 Å². The lowest BCUT2D eigenvalue weighted by Gasteiger charge is -2.18. The van der Waals surface area contributed by atoms with Gasteiger partial charge in [-0.25, -0.2) is 9.80 Å². The highest BCUT2D eigenvalue weighted by molar-refractivity contribution is 5.80. The van der Waals surface area contributed by atoms with Crippen LogP contribution >= 0.6 is 0 Å². The summed E-state index contributed by atoms with van der Waals surface area (Å²) in [5.41, 5.74) is 5.10. The maximum Gasteiger partial charge on any atom is 0.335 e. The number of benzene rings is 1. The lowest BCUT2D eigenvalue weighted by molar-refractivity contribution is -0.124. The minimum Gasteiger partial charge on any atom is -0.337 e. The molecule has 5 heteroatoms. The van der Waals surface area contributed by atoms with Gasteiger partial charge in [-0.15, -0.1) is 0 Å². The molecule has 1 aromatic rings. The van der Waals surface area contributed by atoms with Gasteiger partial charge in [0.15, 0.2) is 0 Å². The summed E-state index contributed by atoms with van der Waals surface area (Å²) in [4.78, 5) is 23.1. The summed E-state index contributed by atoms with van der Waals surface area (Å²) < 4.78 is 0. The van der Waals surface area contributed by atoms with E-state index in [1.165, 1.54) is 23.2 Å². The standard InChI is InChI=1S/C16H25N3O2/c1-4-17-16(21)19(3)18-15(20)8-6-5-7-14-11-9-13(2)10-12-14/h9-12H,4-8H2,1-3H3,(H,17,21)(H,18,20). The molecule has 0 unspecified atom stereocenters. The molecule has 0 radical (unpaired) electrons. The van der Waals surface area contributed by atoms with Crippen molar-refractivity contribution in [2.75, 3.05) is 13.6 Å². The largest absolute Gasteiger partial charge is 0.337 e. The van der Waals surface area contributed by atoms with Crippen LogP contribution in [-0.2, 0) is 11.2 Å². The van der Waals surface area contributed by atoms with E-state index in [1.807, 2.05) is 6.92 Å². The number of carbonyl (C=O) groups is 2. The second-order valence-electron chi connectivity index (χ2n) is 5.12. The molecule has 0 aliphatic heterocycles. The normalized spacial score (nSPS) is 10.0. The van der Waals surface area contributed by atoms with Gasteiger partial charge < -0.3 is 5.32 Å². The van der Waals surface area contributed by atoms with E-state index in [1.54, 1.807) is 0 Å². The molecular formula is C16H25N3O2. The fourth-order valence-corrected chi connectivity index (χ4v) is 1.93. The van der Waals surface area contributed by atoms with E-state index in [-0.39, 0.29) is 11.9 Å². The SMILES string of the molecule is CCNC(=O)N(C)NC(=O)CCCCc1ccc(C)cc1. The van der Waals surface area contributed by atoms with Gasteiger partial charge in [0.2, 0.25) is 5.91 Å². The van der Waals surface area contributed by atoms with Crippen molar-refractivity contribution in [1.29, 1.82) is 0 Å². The predicted molar refractivity (Wildman–Crippen MR) is 83.7 cm³/mol. The molecule has 2 N–H and O–H groups in total. The molecule has 0 bridgehead atoms. The van der Waals surface area contributed by atoms with Crippen molar-refractivity contribution in [3.8, 4) is 0 Å². The van der Waals surface area contributed by atoms with Crippen molar-refractivity contribution < 1.29 is 9.59 Å². The van der Waals surface area contributed by atoms with E-state index in [0.717, 1.165) is 19.3 Å². The first-order valence-corrected chi connectivity index (χ1v) is 7.39. The Labute approximate surface area is 126 Å². The lowest BCUT2D eigenvalue weighted by Crippen LogP contribution is -2.48.